The van der Waals surface area contributed by atoms with Gasteiger partial charge in [-0.15, -0.1) is 11.8 Å². The first-order chi connectivity index (χ1) is 15.5. The molecular formula is C23H21FN4O3S. The molecule has 0 spiro atoms. The first kappa shape index (κ1) is 21.8. The minimum absolute atomic E-state index is 0.131. The first-order valence-electron chi connectivity index (χ1n) is 10.0. The average Bonchev–Trinajstić information content (AvgIpc) is 3.29. The Bertz CT molecular complexity index is 1220. The normalized spacial score (nSPS) is 15.6. The maximum atomic E-state index is 14.3. The van der Waals surface area contributed by atoms with Gasteiger partial charge in [-0.25, -0.2) is 9.07 Å². The standard InChI is InChI=1S/C23H21FN4O3S/c1-15-11-20(29)21(26-28(15)18-10-6-5-9-17(18)24)23(31)27-14-32-13-19(27)22(30)25-12-16-7-3-2-4-8-16/h2-11,19H,12-14H2,1H3,(H,25,30). The van der Waals surface area contributed by atoms with E-state index in [1.165, 1.54) is 39.5 Å². The molecule has 0 saturated carbocycles. The van der Waals surface area contributed by atoms with Crippen LogP contribution in [0.4, 0.5) is 4.39 Å². The second kappa shape index (κ2) is 9.35. The zero-order valence-corrected chi connectivity index (χ0v) is 18.1. The van der Waals surface area contributed by atoms with Crippen molar-refractivity contribution in [2.24, 2.45) is 0 Å². The van der Waals surface area contributed by atoms with Crippen molar-refractivity contribution in [2.45, 2.75) is 19.5 Å². The number of hydrogen-bond donors (Lipinski definition) is 1. The zero-order chi connectivity index (χ0) is 22.7. The highest BCUT2D eigenvalue weighted by atomic mass is 32.2. The summed E-state index contributed by atoms with van der Waals surface area (Å²) in [7, 11) is 0. The number of amides is 2. The van der Waals surface area contributed by atoms with Crippen molar-refractivity contribution in [3.8, 4) is 5.69 Å². The third-order valence-electron chi connectivity index (χ3n) is 5.15. The Morgan fingerprint density at radius 3 is 2.62 bits per heavy atom. The third kappa shape index (κ3) is 4.43. The Labute approximate surface area is 188 Å². The maximum absolute atomic E-state index is 14.3. The number of para-hydroxylation sites is 1. The number of thioether (sulfide) groups is 1. The molecule has 164 valence electrons. The van der Waals surface area contributed by atoms with Crippen molar-refractivity contribution in [1.29, 1.82) is 0 Å². The fourth-order valence-corrected chi connectivity index (χ4v) is 4.62. The molecular weight excluding hydrogens is 431 g/mol. The van der Waals surface area contributed by atoms with Gasteiger partial charge in [-0.2, -0.15) is 5.10 Å². The molecule has 7 nitrogen and oxygen atoms in total. The highest BCUT2D eigenvalue weighted by Crippen LogP contribution is 2.23. The van der Waals surface area contributed by atoms with Gasteiger partial charge in [-0.05, 0) is 24.6 Å². The number of nitrogens with one attached hydrogen (secondary N) is 1. The number of halogens is 1. The molecule has 1 fully saturated rings. The van der Waals surface area contributed by atoms with Crippen LogP contribution in [0.2, 0.25) is 0 Å². The van der Waals surface area contributed by atoms with E-state index in [4.69, 9.17) is 0 Å². The Kier molecular flexibility index (Phi) is 6.36. The van der Waals surface area contributed by atoms with Crippen LogP contribution in [0.3, 0.4) is 0 Å². The largest absolute Gasteiger partial charge is 0.350 e. The van der Waals surface area contributed by atoms with Crippen LogP contribution in [-0.2, 0) is 11.3 Å². The minimum atomic E-state index is -0.722. The topological polar surface area (TPSA) is 84.3 Å². The van der Waals surface area contributed by atoms with Crippen LogP contribution in [0.15, 0.2) is 65.5 Å². The number of aryl methyl sites for hydroxylation is 1. The molecule has 0 bridgehead atoms. The van der Waals surface area contributed by atoms with E-state index >= 15 is 0 Å². The predicted octanol–water partition coefficient (Wildman–Crippen LogP) is 2.51. The van der Waals surface area contributed by atoms with Crippen LogP contribution in [0.5, 0.6) is 0 Å². The number of hydrogen-bond acceptors (Lipinski definition) is 5. The molecule has 1 unspecified atom stereocenters. The summed E-state index contributed by atoms with van der Waals surface area (Å²) in [6.45, 7) is 1.95. The highest BCUT2D eigenvalue weighted by Gasteiger charge is 2.36. The van der Waals surface area contributed by atoms with Crippen molar-refractivity contribution in [2.75, 3.05) is 11.6 Å². The number of benzene rings is 2. The molecule has 32 heavy (non-hydrogen) atoms. The van der Waals surface area contributed by atoms with Crippen molar-refractivity contribution < 1.29 is 14.0 Å². The third-order valence-corrected chi connectivity index (χ3v) is 6.16. The summed E-state index contributed by atoms with van der Waals surface area (Å²) in [4.78, 5) is 39.9. The molecule has 1 saturated heterocycles. The summed E-state index contributed by atoms with van der Waals surface area (Å²) in [5, 5.41) is 7.01. The van der Waals surface area contributed by atoms with Gasteiger partial charge in [0.2, 0.25) is 11.3 Å². The summed E-state index contributed by atoms with van der Waals surface area (Å²) in [5.74, 6) is -0.796. The van der Waals surface area contributed by atoms with E-state index in [0.717, 1.165) is 5.56 Å². The number of carbonyl (C=O) groups is 2. The van der Waals surface area contributed by atoms with E-state index in [-0.39, 0.29) is 23.2 Å². The molecule has 1 aromatic heterocycles. The molecule has 0 radical (unpaired) electrons. The average molecular weight is 453 g/mol. The molecule has 1 N–H and O–H groups in total. The molecule has 2 heterocycles. The number of nitrogens with zero attached hydrogens (tertiary/aromatic N) is 3. The van der Waals surface area contributed by atoms with Crippen LogP contribution < -0.4 is 10.7 Å². The smallest absolute Gasteiger partial charge is 0.279 e. The summed E-state index contributed by atoms with van der Waals surface area (Å²) in [6, 6.07) is 16.0. The van der Waals surface area contributed by atoms with Crippen LogP contribution in [0.1, 0.15) is 21.7 Å². The lowest BCUT2D eigenvalue weighted by Crippen LogP contribution is -2.48. The van der Waals surface area contributed by atoms with Gasteiger partial charge >= 0.3 is 0 Å². The van der Waals surface area contributed by atoms with Crippen molar-refractivity contribution in [3.63, 3.8) is 0 Å². The van der Waals surface area contributed by atoms with Crippen molar-refractivity contribution >= 4 is 23.6 Å². The number of rotatable bonds is 5. The van der Waals surface area contributed by atoms with Gasteiger partial charge in [0.05, 0.1) is 5.88 Å². The van der Waals surface area contributed by atoms with Gasteiger partial charge in [0, 0.05) is 24.1 Å². The van der Waals surface area contributed by atoms with Crippen LogP contribution in [0.25, 0.3) is 5.69 Å². The summed E-state index contributed by atoms with van der Waals surface area (Å²) < 4.78 is 15.5. The van der Waals surface area contributed by atoms with Crippen molar-refractivity contribution in [3.05, 3.63) is 93.7 Å². The van der Waals surface area contributed by atoms with E-state index in [1.54, 1.807) is 19.1 Å². The predicted molar refractivity (Wildman–Crippen MR) is 120 cm³/mol. The van der Waals surface area contributed by atoms with Gasteiger partial charge < -0.3 is 10.2 Å². The van der Waals surface area contributed by atoms with Gasteiger partial charge in [0.15, 0.2) is 5.69 Å². The monoisotopic (exact) mass is 452 g/mol. The molecule has 1 aliphatic heterocycles. The number of aromatic nitrogens is 2. The molecule has 0 aliphatic carbocycles. The Morgan fingerprint density at radius 2 is 1.88 bits per heavy atom. The van der Waals surface area contributed by atoms with Gasteiger partial charge in [0.1, 0.15) is 17.5 Å². The fourth-order valence-electron chi connectivity index (χ4n) is 3.46. The number of carbonyl (C=O) groups excluding carboxylic acids is 2. The van der Waals surface area contributed by atoms with Crippen LogP contribution in [0, 0.1) is 12.7 Å². The molecule has 1 atom stereocenters. The fraction of sp³-hybridized carbons (Fsp3) is 0.217. The van der Waals surface area contributed by atoms with Gasteiger partial charge in [0.25, 0.3) is 5.91 Å². The minimum Gasteiger partial charge on any atom is -0.350 e. The molecule has 1 aliphatic rings. The molecule has 2 aromatic carbocycles. The van der Waals surface area contributed by atoms with E-state index in [2.05, 4.69) is 10.4 Å². The second-order valence-corrected chi connectivity index (χ2v) is 8.36. The SMILES string of the molecule is Cc1cc(=O)c(C(=O)N2CSCC2C(=O)NCc2ccccc2)nn1-c1ccccc1F. The first-order valence-corrected chi connectivity index (χ1v) is 11.2. The van der Waals surface area contributed by atoms with Crippen molar-refractivity contribution in [1.82, 2.24) is 20.0 Å². The highest BCUT2D eigenvalue weighted by molar-refractivity contribution is 7.99. The van der Waals surface area contributed by atoms with Crippen LogP contribution >= 0.6 is 11.8 Å². The molecule has 2 amide bonds. The Hall–Kier alpha value is -3.46. The Morgan fingerprint density at radius 1 is 1.16 bits per heavy atom. The van der Waals surface area contributed by atoms with E-state index < -0.39 is 23.2 Å². The zero-order valence-electron chi connectivity index (χ0n) is 17.3. The molecule has 9 heteroatoms. The van der Waals surface area contributed by atoms with E-state index in [0.29, 0.717) is 18.0 Å². The Balaban J connectivity index is 1.58. The quantitative estimate of drug-likeness (QED) is 0.643. The summed E-state index contributed by atoms with van der Waals surface area (Å²) in [5.41, 5.74) is 0.552. The van der Waals surface area contributed by atoms with Gasteiger partial charge in [-0.1, -0.05) is 42.5 Å². The van der Waals surface area contributed by atoms with Gasteiger partial charge in [-0.3, -0.25) is 14.4 Å². The lowest BCUT2D eigenvalue weighted by Gasteiger charge is -2.23. The lowest BCUT2D eigenvalue weighted by molar-refractivity contribution is -0.124. The van der Waals surface area contributed by atoms with E-state index in [9.17, 15) is 18.8 Å². The second-order valence-electron chi connectivity index (χ2n) is 7.36. The lowest BCUT2D eigenvalue weighted by atomic mass is 10.2. The van der Waals surface area contributed by atoms with E-state index in [1.807, 2.05) is 30.3 Å². The molecule has 3 aromatic rings. The summed E-state index contributed by atoms with van der Waals surface area (Å²) >= 11 is 1.42. The van der Waals surface area contributed by atoms with Crippen LogP contribution in [-0.4, -0.2) is 44.2 Å². The maximum Gasteiger partial charge on any atom is 0.279 e. The summed E-state index contributed by atoms with van der Waals surface area (Å²) in [6.07, 6.45) is 0. The molecule has 4 rings (SSSR count).